The van der Waals surface area contributed by atoms with Gasteiger partial charge in [0.05, 0.1) is 11.4 Å². The summed E-state index contributed by atoms with van der Waals surface area (Å²) in [6.45, 7) is 21.6. The highest BCUT2D eigenvalue weighted by Crippen LogP contribution is 2.58. The van der Waals surface area contributed by atoms with E-state index in [-0.39, 0.29) is 28.5 Å². The van der Waals surface area contributed by atoms with Gasteiger partial charge in [-0.3, -0.25) is 0 Å². The fourth-order valence-electron chi connectivity index (χ4n) is 13.5. The Labute approximate surface area is 448 Å². The monoisotopic (exact) mass is 986 g/mol. The molecule has 2 aliphatic carbocycles. The lowest BCUT2D eigenvalue weighted by molar-refractivity contribution is 0.332. The highest BCUT2D eigenvalue weighted by Gasteiger charge is 2.50. The van der Waals surface area contributed by atoms with Crippen LogP contribution in [0, 0.1) is 0 Å². The molecule has 2 aliphatic heterocycles. The van der Waals surface area contributed by atoms with E-state index in [1.165, 1.54) is 139 Å². The molecule has 0 atom stereocenters. The molecule has 0 unspecified atom stereocenters. The molecule has 3 heterocycles. The topological polar surface area (TPSA) is 6.48 Å². The van der Waals surface area contributed by atoms with E-state index in [2.05, 4.69) is 266 Å². The lowest BCUT2D eigenvalue weighted by Gasteiger charge is -2.46. The van der Waals surface area contributed by atoms with Gasteiger partial charge in [0.1, 0.15) is 0 Å². The van der Waals surface area contributed by atoms with E-state index in [1.807, 2.05) is 11.3 Å². The van der Waals surface area contributed by atoms with Crippen molar-refractivity contribution in [2.75, 3.05) is 9.71 Å². The average Bonchev–Trinajstić information content (AvgIpc) is 4.17. The van der Waals surface area contributed by atoms with E-state index in [9.17, 15) is 0 Å². The van der Waals surface area contributed by atoms with Crippen LogP contribution in [-0.2, 0) is 21.7 Å². The number of hydrogen-bond acceptors (Lipinski definition) is 3. The van der Waals surface area contributed by atoms with Crippen molar-refractivity contribution in [2.45, 2.75) is 96.8 Å². The zero-order valence-electron chi connectivity index (χ0n) is 44.8. The van der Waals surface area contributed by atoms with Crippen molar-refractivity contribution in [3.05, 3.63) is 222 Å². The molecule has 366 valence electrons. The Morgan fingerprint density at radius 2 is 1.04 bits per heavy atom. The van der Waals surface area contributed by atoms with Crippen LogP contribution in [0.4, 0.5) is 28.4 Å². The summed E-state index contributed by atoms with van der Waals surface area (Å²) in [5.74, 6) is 0. The average molecular weight is 987 g/mol. The maximum atomic E-state index is 2.75. The Morgan fingerprint density at radius 1 is 0.440 bits per heavy atom. The number of fused-ring (bicyclic) bond motifs is 10. The second kappa shape index (κ2) is 16.3. The van der Waals surface area contributed by atoms with Crippen LogP contribution in [-0.4, -0.2) is 6.85 Å². The molecule has 0 saturated carbocycles. The second-order valence-corrected chi connectivity index (χ2v) is 25.8. The first-order chi connectivity index (χ1) is 36.1. The van der Waals surface area contributed by atoms with E-state index >= 15 is 0 Å². The summed E-state index contributed by atoms with van der Waals surface area (Å²) in [7, 11) is 0. The summed E-state index contributed by atoms with van der Waals surface area (Å²) in [4.78, 5) is 5.48. The molecule has 4 heteroatoms. The van der Waals surface area contributed by atoms with E-state index in [1.54, 1.807) is 0 Å². The molecule has 0 fully saturated rings. The third-order valence-corrected chi connectivity index (χ3v) is 19.1. The molecule has 9 aromatic carbocycles. The maximum absolute atomic E-state index is 2.75. The third kappa shape index (κ3) is 6.98. The minimum absolute atomic E-state index is 0.0313. The molecule has 2 nitrogen and oxygen atoms in total. The van der Waals surface area contributed by atoms with E-state index < -0.39 is 0 Å². The largest absolute Gasteiger partial charge is 0.376 e. The van der Waals surface area contributed by atoms with E-state index in [4.69, 9.17) is 0 Å². The maximum Gasteiger partial charge on any atom is 0.343 e. The predicted molar refractivity (Wildman–Crippen MR) is 323 cm³/mol. The van der Waals surface area contributed by atoms with Crippen molar-refractivity contribution in [1.29, 1.82) is 0 Å². The van der Waals surface area contributed by atoms with Crippen molar-refractivity contribution in [3.8, 4) is 55.6 Å². The number of thiophene rings is 1. The predicted octanol–water partition coefficient (Wildman–Crippen LogP) is 18.6. The van der Waals surface area contributed by atoms with Gasteiger partial charge in [0, 0.05) is 48.5 Å². The molecule has 75 heavy (non-hydrogen) atoms. The summed E-state index contributed by atoms with van der Waals surface area (Å²) in [5, 5.41) is 1.34. The Kier molecular flexibility index (Phi) is 10.0. The van der Waals surface area contributed by atoms with Gasteiger partial charge in [-0.1, -0.05) is 196 Å². The lowest BCUT2D eigenvalue weighted by Crippen LogP contribution is -2.60. The Bertz CT molecular complexity index is 3950. The molecule has 1 aromatic heterocycles. The molecular weight excluding hydrogens is 924 g/mol. The molecule has 0 bridgehead atoms. The molecule has 10 aromatic rings. The fourth-order valence-corrected chi connectivity index (χ4v) is 14.8. The smallest absolute Gasteiger partial charge is 0.343 e. The van der Waals surface area contributed by atoms with Crippen molar-refractivity contribution in [2.24, 2.45) is 0 Å². The number of benzene rings is 9. The summed E-state index contributed by atoms with van der Waals surface area (Å²) < 4.78 is 2.74. The van der Waals surface area contributed by atoms with Crippen LogP contribution in [0.1, 0.15) is 103 Å². The second-order valence-electron chi connectivity index (χ2n) is 24.8. The summed E-state index contributed by atoms with van der Waals surface area (Å²) in [6, 6.07) is 74.5. The number of nitrogens with zero attached hydrogens (tertiary/aromatic N) is 2. The lowest BCUT2D eigenvalue weighted by atomic mass is 9.46. The number of anilines is 5. The first-order valence-electron chi connectivity index (χ1n) is 27.2. The highest BCUT2D eigenvalue weighted by molar-refractivity contribution is 7.32. The minimum Gasteiger partial charge on any atom is -0.376 e. The first-order valence-corrected chi connectivity index (χ1v) is 28.0. The van der Waals surface area contributed by atoms with Crippen LogP contribution in [0.2, 0.25) is 0 Å². The SMILES string of the molecule is CC(C)(C)c1ccc(N2c3cc(-c4ccccc4)cc4c3B(c3sc5cc6c(cc5c32)C(C)(C)CCC6(C)C)N(c2ccc(-c3ccccc3)cc2)c2cc3c(cc2-4)-c2ccccc2C3(C)C)c(-c2ccccc2)c1. The van der Waals surface area contributed by atoms with Crippen LogP contribution >= 0.6 is 11.3 Å². The van der Waals surface area contributed by atoms with Crippen molar-refractivity contribution in [3.63, 3.8) is 0 Å². The zero-order chi connectivity index (χ0) is 51.3. The van der Waals surface area contributed by atoms with Gasteiger partial charge in [-0.2, -0.15) is 0 Å². The summed E-state index contributed by atoms with van der Waals surface area (Å²) in [5.41, 5.74) is 27.1. The normalized spacial score (nSPS) is 16.2. The molecule has 0 radical (unpaired) electrons. The molecular formula is C71H63BN2S. The van der Waals surface area contributed by atoms with Crippen LogP contribution < -0.4 is 20.0 Å². The first kappa shape index (κ1) is 46.2. The van der Waals surface area contributed by atoms with Crippen molar-refractivity contribution in [1.82, 2.24) is 0 Å². The van der Waals surface area contributed by atoms with E-state index in [0.717, 1.165) is 6.42 Å². The van der Waals surface area contributed by atoms with Crippen LogP contribution in [0.5, 0.6) is 0 Å². The van der Waals surface area contributed by atoms with Gasteiger partial charge in [-0.15, -0.1) is 11.3 Å². The Balaban J connectivity index is 1.15. The molecule has 4 aliphatic rings. The van der Waals surface area contributed by atoms with Gasteiger partial charge in [0.25, 0.3) is 0 Å². The molecule has 0 amide bonds. The summed E-state index contributed by atoms with van der Waals surface area (Å²) >= 11 is 2.03. The molecule has 0 N–H and O–H groups in total. The van der Waals surface area contributed by atoms with Gasteiger partial charge in [0.2, 0.25) is 0 Å². The quantitative estimate of drug-likeness (QED) is 0.159. The van der Waals surface area contributed by atoms with E-state index in [0.29, 0.717) is 0 Å². The van der Waals surface area contributed by atoms with Gasteiger partial charge in [-0.25, -0.2) is 0 Å². The number of rotatable bonds is 5. The minimum atomic E-state index is -0.182. The van der Waals surface area contributed by atoms with Gasteiger partial charge in [0.15, 0.2) is 0 Å². The van der Waals surface area contributed by atoms with Gasteiger partial charge in [-0.05, 0) is 168 Å². The Morgan fingerprint density at radius 3 is 1.71 bits per heavy atom. The molecule has 0 spiro atoms. The Hall–Kier alpha value is -7.40. The van der Waals surface area contributed by atoms with Crippen molar-refractivity contribution < 1.29 is 0 Å². The third-order valence-electron chi connectivity index (χ3n) is 17.9. The van der Waals surface area contributed by atoms with Crippen molar-refractivity contribution >= 4 is 66.9 Å². The molecule has 0 saturated heterocycles. The highest BCUT2D eigenvalue weighted by atomic mass is 32.1. The number of hydrogen-bond donors (Lipinski definition) is 0. The van der Waals surface area contributed by atoms with Crippen LogP contribution in [0.15, 0.2) is 194 Å². The zero-order valence-corrected chi connectivity index (χ0v) is 45.6. The van der Waals surface area contributed by atoms with Crippen LogP contribution in [0.25, 0.3) is 65.7 Å². The van der Waals surface area contributed by atoms with Gasteiger partial charge >= 0.3 is 6.85 Å². The summed E-state index contributed by atoms with van der Waals surface area (Å²) in [6.07, 6.45) is 2.33. The fraction of sp³-hybridized carbons (Fsp3) is 0.211. The standard InChI is InChI=1S/C71H63BN2S/c1-68(2,3)49-31-34-61(52(39-49)47-25-17-12-18-26-47)73-63-38-48(45-23-15-11-16-24-45)37-55-54-40-53-51-27-19-20-28-57(51)71(8,9)58(53)42-62(54)74(50-32-29-46(30-33-50)44-21-13-10-14-22-44)72(65(55)63)67-66(73)56-41-59-60(43-64(56)75-67)70(6,7)36-35-69(59,4)5/h10-34,37-43H,35-36H2,1-9H3. The molecule has 14 rings (SSSR count). The van der Waals surface area contributed by atoms with Gasteiger partial charge < -0.3 is 9.71 Å². The van der Waals surface area contributed by atoms with Crippen LogP contribution in [0.3, 0.4) is 0 Å².